The van der Waals surface area contributed by atoms with Gasteiger partial charge in [-0.3, -0.25) is 0 Å². The first-order valence-corrected chi connectivity index (χ1v) is 8.48. The molecular formula is C17H23NO2S. The van der Waals surface area contributed by atoms with Gasteiger partial charge in [0.05, 0.1) is 6.61 Å². The first kappa shape index (κ1) is 15.8. The summed E-state index contributed by atoms with van der Waals surface area (Å²) in [4.78, 5) is 12.6. The number of hydrogen-bond donors (Lipinski definition) is 1. The van der Waals surface area contributed by atoms with E-state index in [1.807, 2.05) is 24.3 Å². The minimum absolute atomic E-state index is 0.219. The fourth-order valence-electron chi connectivity index (χ4n) is 2.28. The molecule has 2 aromatic rings. The second-order valence-corrected chi connectivity index (χ2v) is 6.40. The molecule has 0 bridgehead atoms. The molecule has 0 radical (unpaired) electrons. The van der Waals surface area contributed by atoms with Crippen LogP contribution in [-0.2, 0) is 4.74 Å². The summed E-state index contributed by atoms with van der Waals surface area (Å²) in [5, 5.41) is 1.01. The summed E-state index contributed by atoms with van der Waals surface area (Å²) in [5.41, 5.74) is 6.46. The number of benzene rings is 1. The van der Waals surface area contributed by atoms with Crippen molar-refractivity contribution >= 4 is 33.1 Å². The van der Waals surface area contributed by atoms with Crippen LogP contribution in [0.4, 0.5) is 5.69 Å². The van der Waals surface area contributed by atoms with Crippen molar-refractivity contribution in [3.63, 3.8) is 0 Å². The molecule has 21 heavy (non-hydrogen) atoms. The Morgan fingerprint density at radius 2 is 1.90 bits per heavy atom. The van der Waals surface area contributed by atoms with Gasteiger partial charge >= 0.3 is 5.97 Å². The SMILES string of the molecule is CCCCCCCCOC(=O)c1cc2cc(N)ccc2s1. The molecule has 3 nitrogen and oxygen atoms in total. The molecule has 2 rings (SSSR count). The highest BCUT2D eigenvalue weighted by Crippen LogP contribution is 2.27. The number of nitrogens with two attached hydrogens (primary N) is 1. The number of esters is 1. The Morgan fingerprint density at radius 1 is 1.14 bits per heavy atom. The number of hydrogen-bond acceptors (Lipinski definition) is 4. The zero-order valence-electron chi connectivity index (χ0n) is 12.6. The topological polar surface area (TPSA) is 52.3 Å². The van der Waals surface area contributed by atoms with E-state index in [-0.39, 0.29) is 5.97 Å². The molecule has 1 heterocycles. The van der Waals surface area contributed by atoms with Gasteiger partial charge in [-0.15, -0.1) is 11.3 Å². The maximum absolute atomic E-state index is 12.0. The molecule has 0 aliphatic carbocycles. The van der Waals surface area contributed by atoms with E-state index in [0.29, 0.717) is 17.2 Å². The van der Waals surface area contributed by atoms with E-state index in [1.165, 1.54) is 37.0 Å². The molecule has 1 aromatic carbocycles. The fraction of sp³-hybridized carbons (Fsp3) is 0.471. The van der Waals surface area contributed by atoms with Crippen molar-refractivity contribution < 1.29 is 9.53 Å². The van der Waals surface area contributed by atoms with E-state index in [9.17, 15) is 4.79 Å². The van der Waals surface area contributed by atoms with Gasteiger partial charge in [-0.1, -0.05) is 39.0 Å². The second kappa shape index (κ2) is 8.03. The highest BCUT2D eigenvalue weighted by Gasteiger charge is 2.11. The van der Waals surface area contributed by atoms with E-state index >= 15 is 0 Å². The van der Waals surface area contributed by atoms with Crippen LogP contribution in [0.2, 0.25) is 0 Å². The molecule has 114 valence electrons. The summed E-state index contributed by atoms with van der Waals surface area (Å²) in [5.74, 6) is -0.219. The summed E-state index contributed by atoms with van der Waals surface area (Å²) in [7, 11) is 0. The lowest BCUT2D eigenvalue weighted by Crippen LogP contribution is -2.04. The number of carbonyl (C=O) groups is 1. The average molecular weight is 305 g/mol. The Kier molecular flexibility index (Phi) is 6.05. The highest BCUT2D eigenvalue weighted by molar-refractivity contribution is 7.20. The van der Waals surface area contributed by atoms with Crippen LogP contribution in [0.5, 0.6) is 0 Å². The highest BCUT2D eigenvalue weighted by atomic mass is 32.1. The van der Waals surface area contributed by atoms with Crippen LogP contribution in [-0.4, -0.2) is 12.6 Å². The van der Waals surface area contributed by atoms with Gasteiger partial charge in [-0.2, -0.15) is 0 Å². The molecule has 0 spiro atoms. The van der Waals surface area contributed by atoms with Gasteiger partial charge in [0.15, 0.2) is 0 Å². The Morgan fingerprint density at radius 3 is 2.71 bits per heavy atom. The second-order valence-electron chi connectivity index (χ2n) is 5.31. The number of rotatable bonds is 8. The van der Waals surface area contributed by atoms with Crippen molar-refractivity contribution in [3.05, 3.63) is 29.1 Å². The van der Waals surface area contributed by atoms with Crippen LogP contribution >= 0.6 is 11.3 Å². The monoisotopic (exact) mass is 305 g/mol. The predicted molar refractivity (Wildman–Crippen MR) is 89.9 cm³/mol. The van der Waals surface area contributed by atoms with Crippen LogP contribution in [0.3, 0.4) is 0 Å². The van der Waals surface area contributed by atoms with Gasteiger partial charge in [0.1, 0.15) is 4.88 Å². The van der Waals surface area contributed by atoms with Crippen LogP contribution in [0.15, 0.2) is 24.3 Å². The van der Waals surface area contributed by atoms with Crippen molar-refractivity contribution in [3.8, 4) is 0 Å². The summed E-state index contributed by atoms with van der Waals surface area (Å²) in [6.07, 6.45) is 7.15. The molecular weight excluding hydrogens is 282 g/mol. The number of ether oxygens (including phenoxy) is 1. The third-order valence-electron chi connectivity index (χ3n) is 3.47. The van der Waals surface area contributed by atoms with E-state index in [0.717, 1.165) is 22.9 Å². The quantitative estimate of drug-likeness (QED) is 0.424. The van der Waals surface area contributed by atoms with Crippen LogP contribution in [0.1, 0.15) is 55.1 Å². The van der Waals surface area contributed by atoms with Crippen molar-refractivity contribution in [1.29, 1.82) is 0 Å². The number of fused-ring (bicyclic) bond motifs is 1. The number of carbonyl (C=O) groups excluding carboxylic acids is 1. The minimum atomic E-state index is -0.219. The molecule has 0 aliphatic heterocycles. The fourth-order valence-corrected chi connectivity index (χ4v) is 3.22. The molecule has 2 N–H and O–H groups in total. The number of thiophene rings is 1. The molecule has 4 heteroatoms. The zero-order valence-corrected chi connectivity index (χ0v) is 13.4. The van der Waals surface area contributed by atoms with Crippen molar-refractivity contribution in [2.75, 3.05) is 12.3 Å². The van der Waals surface area contributed by atoms with Crippen molar-refractivity contribution in [1.82, 2.24) is 0 Å². The van der Waals surface area contributed by atoms with Gasteiger partial charge in [0.25, 0.3) is 0 Å². The Bertz CT molecular complexity index is 591. The van der Waals surface area contributed by atoms with E-state index in [1.54, 1.807) is 0 Å². The van der Waals surface area contributed by atoms with Crippen molar-refractivity contribution in [2.24, 2.45) is 0 Å². The van der Waals surface area contributed by atoms with Crippen LogP contribution in [0.25, 0.3) is 10.1 Å². The summed E-state index contributed by atoms with van der Waals surface area (Å²) >= 11 is 1.46. The van der Waals surface area contributed by atoms with E-state index < -0.39 is 0 Å². The van der Waals surface area contributed by atoms with Crippen molar-refractivity contribution in [2.45, 2.75) is 45.4 Å². The normalized spacial score (nSPS) is 10.9. The lowest BCUT2D eigenvalue weighted by atomic mass is 10.1. The summed E-state index contributed by atoms with van der Waals surface area (Å²) in [6.45, 7) is 2.72. The standard InChI is InChI=1S/C17H23NO2S/c1-2-3-4-5-6-7-10-20-17(19)16-12-13-11-14(18)8-9-15(13)21-16/h8-9,11-12H,2-7,10,18H2,1H3. The van der Waals surface area contributed by atoms with Gasteiger partial charge in [-0.25, -0.2) is 4.79 Å². The Labute approximate surface area is 130 Å². The number of unbranched alkanes of at least 4 members (excludes halogenated alkanes) is 5. The summed E-state index contributed by atoms with van der Waals surface area (Å²) in [6, 6.07) is 7.54. The molecule has 0 unspecified atom stereocenters. The van der Waals surface area contributed by atoms with Gasteiger partial charge in [0.2, 0.25) is 0 Å². The number of nitrogen functional groups attached to an aromatic ring is 1. The Balaban J connectivity index is 1.77. The van der Waals surface area contributed by atoms with E-state index in [4.69, 9.17) is 10.5 Å². The maximum atomic E-state index is 12.0. The third kappa shape index (κ3) is 4.74. The zero-order chi connectivity index (χ0) is 15.1. The average Bonchev–Trinajstić information content (AvgIpc) is 2.89. The minimum Gasteiger partial charge on any atom is -0.462 e. The lowest BCUT2D eigenvalue weighted by molar-refractivity contribution is 0.0503. The molecule has 0 aliphatic rings. The molecule has 0 amide bonds. The molecule has 0 saturated heterocycles. The first-order chi connectivity index (χ1) is 10.2. The third-order valence-corrected chi connectivity index (χ3v) is 4.57. The van der Waals surface area contributed by atoms with Crippen LogP contribution in [0, 0.1) is 0 Å². The molecule has 0 atom stereocenters. The summed E-state index contributed by atoms with van der Waals surface area (Å²) < 4.78 is 6.40. The lowest BCUT2D eigenvalue weighted by Gasteiger charge is -2.03. The molecule has 0 saturated carbocycles. The first-order valence-electron chi connectivity index (χ1n) is 7.67. The largest absolute Gasteiger partial charge is 0.462 e. The van der Waals surface area contributed by atoms with Gasteiger partial charge < -0.3 is 10.5 Å². The predicted octanol–water partition coefficient (Wildman–Crippen LogP) is 5.00. The molecule has 1 aromatic heterocycles. The van der Waals surface area contributed by atoms with Gasteiger partial charge in [0, 0.05) is 10.4 Å². The van der Waals surface area contributed by atoms with E-state index in [2.05, 4.69) is 6.92 Å². The Hall–Kier alpha value is -1.55. The smallest absolute Gasteiger partial charge is 0.348 e. The van der Waals surface area contributed by atoms with Crippen LogP contribution < -0.4 is 5.73 Å². The molecule has 0 fully saturated rings. The maximum Gasteiger partial charge on any atom is 0.348 e. The number of anilines is 1. The van der Waals surface area contributed by atoms with Gasteiger partial charge in [-0.05, 0) is 36.1 Å².